The Bertz CT molecular complexity index is 1660. The van der Waals surface area contributed by atoms with Gasteiger partial charge in [0.25, 0.3) is 0 Å². The summed E-state index contributed by atoms with van der Waals surface area (Å²) in [5, 5.41) is 21.6. The SMILES string of the molecule is CCC(O)Nc1cncc(-c2ccc3[nH]nc(-c4nc5c(-n6cnc(C)c6)cncc5[nH]4)c3c2)c1. The van der Waals surface area contributed by atoms with Crippen molar-refractivity contribution in [2.24, 2.45) is 0 Å². The van der Waals surface area contributed by atoms with Gasteiger partial charge in [-0.3, -0.25) is 15.1 Å². The van der Waals surface area contributed by atoms with E-state index in [1.165, 1.54) is 0 Å². The fraction of sp³-hybridized carbons (Fsp3) is 0.160. The van der Waals surface area contributed by atoms with E-state index in [2.05, 4.69) is 41.5 Å². The third-order valence-corrected chi connectivity index (χ3v) is 5.94. The maximum atomic E-state index is 9.93. The van der Waals surface area contributed by atoms with Crippen molar-refractivity contribution in [3.05, 3.63) is 67.3 Å². The van der Waals surface area contributed by atoms with Gasteiger partial charge in [-0.05, 0) is 37.1 Å². The van der Waals surface area contributed by atoms with Crippen molar-refractivity contribution in [1.82, 2.24) is 39.7 Å². The van der Waals surface area contributed by atoms with Gasteiger partial charge in [0.05, 0.1) is 53.0 Å². The Morgan fingerprint density at radius 1 is 1.06 bits per heavy atom. The average molecular weight is 466 g/mol. The second-order valence-electron chi connectivity index (χ2n) is 8.43. The van der Waals surface area contributed by atoms with Crippen LogP contribution >= 0.6 is 0 Å². The molecule has 0 saturated heterocycles. The van der Waals surface area contributed by atoms with E-state index >= 15 is 0 Å². The lowest BCUT2D eigenvalue weighted by Gasteiger charge is -2.12. The molecule has 1 aromatic carbocycles. The first-order valence-electron chi connectivity index (χ1n) is 11.3. The van der Waals surface area contributed by atoms with E-state index in [1.807, 2.05) is 42.8 Å². The first-order chi connectivity index (χ1) is 17.1. The molecule has 5 heterocycles. The highest BCUT2D eigenvalue weighted by atomic mass is 16.3. The molecule has 6 aromatic rings. The first kappa shape index (κ1) is 21.0. The number of imidazole rings is 2. The molecule has 0 amide bonds. The lowest BCUT2D eigenvalue weighted by Crippen LogP contribution is -2.16. The van der Waals surface area contributed by atoms with Crippen LogP contribution in [-0.2, 0) is 0 Å². The molecule has 1 atom stereocenters. The minimum Gasteiger partial charge on any atom is -0.374 e. The number of aromatic amines is 2. The highest BCUT2D eigenvalue weighted by Gasteiger charge is 2.16. The van der Waals surface area contributed by atoms with Crippen LogP contribution < -0.4 is 5.32 Å². The van der Waals surface area contributed by atoms with Gasteiger partial charge in [-0.2, -0.15) is 5.10 Å². The number of benzene rings is 1. The maximum Gasteiger partial charge on any atom is 0.159 e. The summed E-state index contributed by atoms with van der Waals surface area (Å²) in [6.45, 7) is 3.86. The molecule has 1 unspecified atom stereocenters. The molecule has 0 aliphatic carbocycles. The van der Waals surface area contributed by atoms with E-state index in [9.17, 15) is 5.11 Å². The number of H-pyrrole nitrogens is 2. The Labute approximate surface area is 200 Å². The van der Waals surface area contributed by atoms with Gasteiger partial charge in [0.1, 0.15) is 17.4 Å². The van der Waals surface area contributed by atoms with Crippen molar-refractivity contribution in [3.63, 3.8) is 0 Å². The standard InChI is InChI=1S/C25H23N9O/c1-3-22(35)29-17-6-16(8-26-9-17)15-4-5-19-18(7-15)23(33-32-19)25-30-20-10-27-11-21(24(20)31-25)34-12-14(2)28-13-34/h4-13,22,29,35H,3H2,1-2H3,(H,30,31)(H,32,33). The number of aliphatic hydroxyl groups excluding tert-OH is 1. The van der Waals surface area contributed by atoms with E-state index in [-0.39, 0.29) is 0 Å². The molecule has 10 heteroatoms. The number of nitrogens with zero attached hydrogens (tertiary/aromatic N) is 6. The van der Waals surface area contributed by atoms with Crippen molar-refractivity contribution in [2.45, 2.75) is 26.5 Å². The van der Waals surface area contributed by atoms with Gasteiger partial charge in [0.2, 0.25) is 0 Å². The van der Waals surface area contributed by atoms with E-state index in [0.717, 1.165) is 55.8 Å². The molecule has 4 N–H and O–H groups in total. The van der Waals surface area contributed by atoms with E-state index in [4.69, 9.17) is 4.98 Å². The number of aliphatic hydroxyl groups is 1. The molecule has 0 aliphatic rings. The highest BCUT2D eigenvalue weighted by Crippen LogP contribution is 2.31. The third kappa shape index (κ3) is 3.79. The molecule has 10 nitrogen and oxygen atoms in total. The predicted molar refractivity (Wildman–Crippen MR) is 134 cm³/mol. The van der Waals surface area contributed by atoms with Gasteiger partial charge in [-0.15, -0.1) is 0 Å². The molecule has 0 spiro atoms. The van der Waals surface area contributed by atoms with Gasteiger partial charge in [0, 0.05) is 23.3 Å². The van der Waals surface area contributed by atoms with Gasteiger partial charge in [0.15, 0.2) is 5.82 Å². The van der Waals surface area contributed by atoms with Gasteiger partial charge < -0.3 is 20.0 Å². The summed E-state index contributed by atoms with van der Waals surface area (Å²) in [6.07, 6.45) is 10.7. The lowest BCUT2D eigenvalue weighted by atomic mass is 10.0. The topological polar surface area (TPSA) is 133 Å². The smallest absolute Gasteiger partial charge is 0.159 e. The minimum atomic E-state index is -0.617. The molecule has 0 saturated carbocycles. The number of pyridine rings is 2. The zero-order valence-corrected chi connectivity index (χ0v) is 19.2. The summed E-state index contributed by atoms with van der Waals surface area (Å²) >= 11 is 0. The largest absolute Gasteiger partial charge is 0.374 e. The molecule has 0 fully saturated rings. The Balaban J connectivity index is 1.42. The summed E-state index contributed by atoms with van der Waals surface area (Å²) < 4.78 is 1.92. The van der Waals surface area contributed by atoms with Gasteiger partial charge in [-0.25, -0.2) is 9.97 Å². The number of fused-ring (bicyclic) bond motifs is 2. The summed E-state index contributed by atoms with van der Waals surface area (Å²) in [5.74, 6) is 0.647. The lowest BCUT2D eigenvalue weighted by molar-refractivity contribution is 0.199. The zero-order chi connectivity index (χ0) is 23.9. The first-order valence-corrected chi connectivity index (χ1v) is 11.3. The van der Waals surface area contributed by atoms with Crippen LogP contribution in [0.2, 0.25) is 0 Å². The van der Waals surface area contributed by atoms with Crippen LogP contribution in [0.3, 0.4) is 0 Å². The molecule has 0 aliphatic heterocycles. The van der Waals surface area contributed by atoms with E-state index < -0.39 is 6.23 Å². The van der Waals surface area contributed by atoms with E-state index in [0.29, 0.717) is 12.2 Å². The van der Waals surface area contributed by atoms with E-state index in [1.54, 1.807) is 31.1 Å². The summed E-state index contributed by atoms with van der Waals surface area (Å²) in [4.78, 5) is 21.3. The number of hydrogen-bond donors (Lipinski definition) is 4. The average Bonchev–Trinajstić information content (AvgIpc) is 3.61. The maximum absolute atomic E-state index is 9.93. The molecular formula is C25H23N9O. The monoisotopic (exact) mass is 465 g/mol. The number of anilines is 1. The predicted octanol–water partition coefficient (Wildman–Crippen LogP) is 4.20. The van der Waals surface area contributed by atoms with Crippen molar-refractivity contribution >= 4 is 27.6 Å². The normalized spacial score (nSPS) is 12.4. The number of rotatable bonds is 6. The molecule has 5 aromatic heterocycles. The molecular weight excluding hydrogens is 442 g/mol. The molecule has 0 bridgehead atoms. The highest BCUT2D eigenvalue weighted by molar-refractivity contribution is 5.96. The quantitative estimate of drug-likeness (QED) is 0.271. The fourth-order valence-corrected chi connectivity index (χ4v) is 4.12. The van der Waals surface area contributed by atoms with Gasteiger partial charge in [-0.1, -0.05) is 13.0 Å². The van der Waals surface area contributed by atoms with Crippen molar-refractivity contribution in [1.29, 1.82) is 0 Å². The van der Waals surface area contributed by atoms with Crippen LogP contribution in [0, 0.1) is 6.92 Å². The van der Waals surface area contributed by atoms with Crippen LogP contribution in [-0.4, -0.2) is 51.0 Å². The number of nitrogens with one attached hydrogen (secondary N) is 3. The minimum absolute atomic E-state index is 0.601. The molecule has 0 radical (unpaired) electrons. The Kier molecular flexibility index (Phi) is 5.00. The van der Waals surface area contributed by atoms with Crippen LogP contribution in [0.15, 0.2) is 61.6 Å². The summed E-state index contributed by atoms with van der Waals surface area (Å²) in [5.41, 5.74) is 7.65. The number of hydrogen-bond acceptors (Lipinski definition) is 7. The van der Waals surface area contributed by atoms with Crippen LogP contribution in [0.1, 0.15) is 19.0 Å². The number of aryl methyl sites for hydroxylation is 1. The third-order valence-electron chi connectivity index (χ3n) is 5.94. The second kappa shape index (κ2) is 8.33. The Morgan fingerprint density at radius 2 is 1.94 bits per heavy atom. The van der Waals surface area contributed by atoms with Crippen LogP contribution in [0.4, 0.5) is 5.69 Å². The van der Waals surface area contributed by atoms with Crippen LogP contribution in [0.5, 0.6) is 0 Å². The second-order valence-corrected chi connectivity index (χ2v) is 8.43. The Morgan fingerprint density at radius 3 is 2.77 bits per heavy atom. The van der Waals surface area contributed by atoms with Crippen molar-refractivity contribution in [3.8, 4) is 28.3 Å². The Hall–Kier alpha value is -4.57. The van der Waals surface area contributed by atoms with Crippen LogP contribution in [0.25, 0.3) is 50.3 Å². The summed E-state index contributed by atoms with van der Waals surface area (Å²) in [6, 6.07) is 8.05. The zero-order valence-electron chi connectivity index (χ0n) is 19.2. The molecule has 6 rings (SSSR count). The van der Waals surface area contributed by atoms with Crippen molar-refractivity contribution in [2.75, 3.05) is 5.32 Å². The number of aromatic nitrogens is 8. The molecule has 174 valence electrons. The van der Waals surface area contributed by atoms with Crippen molar-refractivity contribution < 1.29 is 5.11 Å². The molecule has 35 heavy (non-hydrogen) atoms. The summed E-state index contributed by atoms with van der Waals surface area (Å²) in [7, 11) is 0. The van der Waals surface area contributed by atoms with Gasteiger partial charge >= 0.3 is 0 Å². The fourth-order valence-electron chi connectivity index (χ4n) is 4.12.